The fraction of sp³-hybridized carbons (Fsp3) is 0.308. The number of para-hydroxylation sites is 1. The van der Waals surface area contributed by atoms with E-state index in [9.17, 15) is 4.79 Å². The van der Waals surface area contributed by atoms with E-state index in [4.69, 9.17) is 4.74 Å². The summed E-state index contributed by atoms with van der Waals surface area (Å²) in [5.74, 6) is 6.33. The van der Waals surface area contributed by atoms with Crippen LogP contribution in [0.2, 0.25) is 0 Å². The van der Waals surface area contributed by atoms with Crippen LogP contribution in [0, 0.1) is 11.8 Å². The Morgan fingerprint density at radius 1 is 1.35 bits per heavy atom. The zero-order valence-electron chi connectivity index (χ0n) is 9.95. The highest BCUT2D eigenvalue weighted by molar-refractivity contribution is 5.77. The number of ether oxygens (including phenoxy) is 2. The molecule has 0 bridgehead atoms. The van der Waals surface area contributed by atoms with Crippen molar-refractivity contribution in [1.29, 1.82) is 0 Å². The van der Waals surface area contributed by atoms with Gasteiger partial charge in [0.2, 0.25) is 5.91 Å². The maximum Gasteiger partial charge on any atom is 0.246 e. The molecule has 17 heavy (non-hydrogen) atoms. The second-order valence-corrected chi connectivity index (χ2v) is 3.21. The van der Waals surface area contributed by atoms with Gasteiger partial charge in [0.05, 0.1) is 19.2 Å². The van der Waals surface area contributed by atoms with Gasteiger partial charge in [0.1, 0.15) is 12.4 Å². The third kappa shape index (κ3) is 4.58. The van der Waals surface area contributed by atoms with Gasteiger partial charge in [-0.25, -0.2) is 0 Å². The van der Waals surface area contributed by atoms with Crippen LogP contribution in [0.3, 0.4) is 0 Å². The van der Waals surface area contributed by atoms with Gasteiger partial charge < -0.3 is 14.8 Å². The molecular weight excluding hydrogens is 218 g/mol. The molecule has 1 amide bonds. The molecule has 1 aromatic carbocycles. The first-order valence-corrected chi connectivity index (χ1v) is 5.15. The third-order valence-electron chi connectivity index (χ3n) is 1.98. The average Bonchev–Trinajstić information content (AvgIpc) is 2.35. The van der Waals surface area contributed by atoms with E-state index in [2.05, 4.69) is 21.9 Å². The molecule has 1 rings (SSSR count). The van der Waals surface area contributed by atoms with Crippen LogP contribution in [-0.2, 0) is 9.53 Å². The van der Waals surface area contributed by atoms with Crippen LogP contribution in [0.25, 0.3) is 0 Å². The van der Waals surface area contributed by atoms with E-state index in [1.54, 1.807) is 7.11 Å². The number of nitrogens with one attached hydrogen (secondary N) is 1. The first kappa shape index (κ1) is 13.1. The van der Waals surface area contributed by atoms with Crippen molar-refractivity contribution in [1.82, 2.24) is 5.32 Å². The first-order chi connectivity index (χ1) is 8.27. The van der Waals surface area contributed by atoms with Crippen LogP contribution < -0.4 is 10.1 Å². The van der Waals surface area contributed by atoms with Crippen LogP contribution in [0.15, 0.2) is 24.3 Å². The van der Waals surface area contributed by atoms with E-state index in [0.29, 0.717) is 6.54 Å². The van der Waals surface area contributed by atoms with Gasteiger partial charge in [-0.2, -0.15) is 0 Å². The van der Waals surface area contributed by atoms with Gasteiger partial charge in [-0.05, 0) is 12.1 Å². The van der Waals surface area contributed by atoms with E-state index in [1.807, 2.05) is 24.3 Å². The predicted molar refractivity (Wildman–Crippen MR) is 64.8 cm³/mol. The molecule has 0 aliphatic heterocycles. The van der Waals surface area contributed by atoms with Crippen molar-refractivity contribution in [3.05, 3.63) is 29.8 Å². The Kier molecular flexibility index (Phi) is 5.62. The normalized spacial score (nSPS) is 9.06. The second kappa shape index (κ2) is 7.31. The maximum absolute atomic E-state index is 11.0. The van der Waals surface area contributed by atoms with Gasteiger partial charge in [0, 0.05) is 7.11 Å². The highest BCUT2D eigenvalue weighted by Crippen LogP contribution is 2.15. The SMILES string of the molecule is COCC(=O)NCC#Cc1ccccc1OC. The van der Waals surface area contributed by atoms with E-state index in [0.717, 1.165) is 11.3 Å². The van der Waals surface area contributed by atoms with Crippen LogP contribution in [0.1, 0.15) is 5.56 Å². The predicted octanol–water partition coefficient (Wildman–Crippen LogP) is 0.809. The summed E-state index contributed by atoms with van der Waals surface area (Å²) in [6.45, 7) is 0.344. The highest BCUT2D eigenvalue weighted by Gasteiger charge is 1.97. The van der Waals surface area contributed by atoms with Crippen LogP contribution in [-0.4, -0.2) is 33.3 Å². The topological polar surface area (TPSA) is 47.6 Å². The summed E-state index contributed by atoms with van der Waals surface area (Å²) in [5.41, 5.74) is 0.802. The fourth-order valence-electron chi connectivity index (χ4n) is 1.21. The Balaban J connectivity index is 2.51. The minimum Gasteiger partial charge on any atom is -0.495 e. The van der Waals surface area contributed by atoms with Crippen LogP contribution in [0.4, 0.5) is 0 Å². The summed E-state index contributed by atoms with van der Waals surface area (Å²) in [5, 5.41) is 2.61. The molecule has 0 unspecified atom stereocenters. The van der Waals surface area contributed by atoms with Crippen LogP contribution in [0.5, 0.6) is 5.75 Å². The van der Waals surface area contributed by atoms with Crippen molar-refractivity contribution in [2.75, 3.05) is 27.4 Å². The molecule has 0 spiro atoms. The molecule has 0 heterocycles. The lowest BCUT2D eigenvalue weighted by atomic mass is 10.2. The van der Waals surface area contributed by atoms with E-state index in [1.165, 1.54) is 7.11 Å². The Bertz CT molecular complexity index is 432. The number of methoxy groups -OCH3 is 2. The first-order valence-electron chi connectivity index (χ1n) is 5.15. The molecule has 1 N–H and O–H groups in total. The minimum absolute atomic E-state index is 0.0519. The quantitative estimate of drug-likeness (QED) is 0.783. The maximum atomic E-state index is 11.0. The van der Waals surface area contributed by atoms with E-state index >= 15 is 0 Å². The molecule has 1 aromatic rings. The molecule has 0 saturated carbocycles. The molecule has 90 valence electrons. The smallest absolute Gasteiger partial charge is 0.246 e. The van der Waals surface area contributed by atoms with Gasteiger partial charge in [-0.1, -0.05) is 24.0 Å². The van der Waals surface area contributed by atoms with Crippen molar-refractivity contribution in [3.8, 4) is 17.6 Å². The lowest BCUT2D eigenvalue weighted by Crippen LogP contribution is -2.27. The van der Waals surface area contributed by atoms with Gasteiger partial charge >= 0.3 is 0 Å². The molecule has 0 fully saturated rings. The summed E-state index contributed by atoms with van der Waals surface area (Å²) in [4.78, 5) is 11.0. The molecular formula is C13H15NO3. The summed E-state index contributed by atoms with van der Waals surface area (Å²) in [7, 11) is 3.07. The summed E-state index contributed by atoms with van der Waals surface area (Å²) < 4.78 is 9.83. The van der Waals surface area contributed by atoms with Crippen molar-refractivity contribution in [2.45, 2.75) is 0 Å². The third-order valence-corrected chi connectivity index (χ3v) is 1.98. The molecule has 0 radical (unpaired) electrons. The number of carbonyl (C=O) groups excluding carboxylic acids is 1. The molecule has 0 aliphatic rings. The zero-order chi connectivity index (χ0) is 12.5. The van der Waals surface area contributed by atoms with Crippen molar-refractivity contribution < 1.29 is 14.3 Å². The number of carbonyl (C=O) groups is 1. The van der Waals surface area contributed by atoms with E-state index < -0.39 is 0 Å². The highest BCUT2D eigenvalue weighted by atomic mass is 16.5. The Hall–Kier alpha value is -1.99. The number of amides is 1. The minimum atomic E-state index is -0.179. The Morgan fingerprint density at radius 2 is 2.12 bits per heavy atom. The Morgan fingerprint density at radius 3 is 2.82 bits per heavy atom. The molecule has 4 heteroatoms. The molecule has 0 aromatic heterocycles. The number of hydrogen-bond donors (Lipinski definition) is 1. The second-order valence-electron chi connectivity index (χ2n) is 3.21. The molecule has 0 saturated heterocycles. The monoisotopic (exact) mass is 233 g/mol. The van der Waals surface area contributed by atoms with Crippen molar-refractivity contribution in [3.63, 3.8) is 0 Å². The van der Waals surface area contributed by atoms with Crippen molar-refractivity contribution >= 4 is 5.91 Å². The van der Waals surface area contributed by atoms with Gasteiger partial charge in [0.25, 0.3) is 0 Å². The number of benzene rings is 1. The summed E-state index contributed by atoms with van der Waals surface area (Å²) in [6, 6.07) is 7.47. The number of hydrogen-bond acceptors (Lipinski definition) is 3. The van der Waals surface area contributed by atoms with Gasteiger partial charge in [0.15, 0.2) is 0 Å². The van der Waals surface area contributed by atoms with Crippen molar-refractivity contribution in [2.24, 2.45) is 0 Å². The summed E-state index contributed by atoms with van der Waals surface area (Å²) in [6.07, 6.45) is 0. The largest absolute Gasteiger partial charge is 0.495 e. The zero-order valence-corrected chi connectivity index (χ0v) is 9.95. The summed E-state index contributed by atoms with van der Waals surface area (Å²) >= 11 is 0. The standard InChI is InChI=1S/C13H15NO3/c1-16-10-13(15)14-9-5-7-11-6-3-4-8-12(11)17-2/h3-4,6,8H,9-10H2,1-2H3,(H,14,15). The Labute approximate surface area is 101 Å². The molecule has 0 aliphatic carbocycles. The lowest BCUT2D eigenvalue weighted by Gasteiger charge is -2.01. The van der Waals surface area contributed by atoms with E-state index in [-0.39, 0.29) is 12.5 Å². The fourth-order valence-corrected chi connectivity index (χ4v) is 1.21. The number of rotatable bonds is 4. The van der Waals surface area contributed by atoms with Gasteiger partial charge in [-0.3, -0.25) is 4.79 Å². The van der Waals surface area contributed by atoms with Gasteiger partial charge in [-0.15, -0.1) is 0 Å². The average molecular weight is 233 g/mol. The molecule has 4 nitrogen and oxygen atoms in total. The molecule has 0 atom stereocenters. The lowest BCUT2D eigenvalue weighted by molar-refractivity contribution is -0.124. The van der Waals surface area contributed by atoms with Crippen LogP contribution >= 0.6 is 0 Å².